The molecule has 1 aromatic rings. The molecule has 1 aliphatic carbocycles. The maximum Gasteiger partial charge on any atom is 0.171 e. The van der Waals surface area contributed by atoms with Gasteiger partial charge in [0.05, 0.1) is 11.9 Å². The number of aliphatic imine (C=N–C) groups is 1. The quantitative estimate of drug-likeness (QED) is 0.571. The lowest BCUT2D eigenvalue weighted by Crippen LogP contribution is -2.07. The fraction of sp³-hybridized carbons (Fsp3) is 0.417. The first kappa shape index (κ1) is 10.6. The summed E-state index contributed by atoms with van der Waals surface area (Å²) in [6, 6.07) is 5.86. The van der Waals surface area contributed by atoms with Crippen LogP contribution in [0.2, 0.25) is 0 Å². The highest BCUT2D eigenvalue weighted by Crippen LogP contribution is 2.39. The minimum absolute atomic E-state index is 0.528. The molecule has 4 nitrogen and oxygen atoms in total. The van der Waals surface area contributed by atoms with Crippen LogP contribution in [0.4, 0.5) is 5.82 Å². The Kier molecular flexibility index (Phi) is 2.86. The number of pyridine rings is 1. The second-order valence-electron chi connectivity index (χ2n) is 4.20. The molecule has 4 heteroatoms. The van der Waals surface area contributed by atoms with Gasteiger partial charge < -0.3 is 4.90 Å². The smallest absolute Gasteiger partial charge is 0.171 e. The summed E-state index contributed by atoms with van der Waals surface area (Å²) >= 11 is 0. The van der Waals surface area contributed by atoms with Gasteiger partial charge in [-0.25, -0.2) is 9.98 Å². The number of hydrogen-bond acceptors (Lipinski definition) is 3. The standard InChI is InChI=1S/C12H14N4/c1-16(2)8-14-12-10(7-13)5-6-11(15-12)9-3-4-9/h5-6,8-9H,3-4H2,1-2H3. The van der Waals surface area contributed by atoms with E-state index in [0.29, 0.717) is 17.3 Å². The average Bonchev–Trinajstić information content (AvgIpc) is 3.09. The van der Waals surface area contributed by atoms with E-state index in [9.17, 15) is 0 Å². The highest BCUT2D eigenvalue weighted by atomic mass is 15.1. The Morgan fingerprint density at radius 2 is 2.25 bits per heavy atom. The molecule has 2 rings (SSSR count). The third kappa shape index (κ3) is 2.37. The Hall–Kier alpha value is -1.89. The van der Waals surface area contributed by atoms with Gasteiger partial charge in [-0.05, 0) is 25.0 Å². The Morgan fingerprint density at radius 1 is 1.50 bits per heavy atom. The molecule has 0 saturated heterocycles. The van der Waals surface area contributed by atoms with E-state index in [1.807, 2.05) is 31.1 Å². The molecule has 0 unspecified atom stereocenters. The van der Waals surface area contributed by atoms with Gasteiger partial charge in [-0.2, -0.15) is 5.26 Å². The summed E-state index contributed by atoms with van der Waals surface area (Å²) < 4.78 is 0. The van der Waals surface area contributed by atoms with Crippen molar-refractivity contribution in [3.63, 3.8) is 0 Å². The van der Waals surface area contributed by atoms with E-state index in [0.717, 1.165) is 5.69 Å². The highest BCUT2D eigenvalue weighted by Gasteiger charge is 2.25. The second-order valence-corrected chi connectivity index (χ2v) is 4.20. The molecule has 0 aromatic carbocycles. The zero-order chi connectivity index (χ0) is 11.5. The summed E-state index contributed by atoms with van der Waals surface area (Å²) in [5.41, 5.74) is 1.59. The van der Waals surface area contributed by atoms with Gasteiger partial charge in [-0.1, -0.05) is 0 Å². The first-order valence-corrected chi connectivity index (χ1v) is 5.32. The van der Waals surface area contributed by atoms with Crippen LogP contribution in [0.25, 0.3) is 0 Å². The first-order valence-electron chi connectivity index (χ1n) is 5.32. The SMILES string of the molecule is CN(C)C=Nc1nc(C2CC2)ccc1C#N. The minimum Gasteiger partial charge on any atom is -0.369 e. The van der Waals surface area contributed by atoms with Gasteiger partial charge in [0.15, 0.2) is 5.82 Å². The number of hydrogen-bond donors (Lipinski definition) is 0. The summed E-state index contributed by atoms with van der Waals surface area (Å²) in [4.78, 5) is 10.5. The van der Waals surface area contributed by atoms with Crippen molar-refractivity contribution in [2.75, 3.05) is 14.1 Å². The topological polar surface area (TPSA) is 52.3 Å². The fourth-order valence-corrected chi connectivity index (χ4v) is 1.43. The minimum atomic E-state index is 0.528. The Morgan fingerprint density at radius 3 is 2.81 bits per heavy atom. The molecule has 0 bridgehead atoms. The molecule has 0 aliphatic heterocycles. The number of nitriles is 1. The van der Waals surface area contributed by atoms with Gasteiger partial charge in [0.1, 0.15) is 6.07 Å². The van der Waals surface area contributed by atoms with Crippen LogP contribution in [-0.2, 0) is 0 Å². The molecule has 0 atom stereocenters. The predicted octanol–water partition coefficient (Wildman–Crippen LogP) is 2.05. The van der Waals surface area contributed by atoms with E-state index in [-0.39, 0.29) is 0 Å². The molecule has 0 N–H and O–H groups in total. The lowest BCUT2D eigenvalue weighted by atomic mass is 10.2. The average molecular weight is 214 g/mol. The van der Waals surface area contributed by atoms with E-state index in [4.69, 9.17) is 5.26 Å². The van der Waals surface area contributed by atoms with Gasteiger partial charge in [0, 0.05) is 25.7 Å². The molecule has 82 valence electrons. The Balaban J connectivity index is 2.32. The fourth-order valence-electron chi connectivity index (χ4n) is 1.43. The van der Waals surface area contributed by atoms with Gasteiger partial charge >= 0.3 is 0 Å². The van der Waals surface area contributed by atoms with Crippen LogP contribution in [0.3, 0.4) is 0 Å². The maximum atomic E-state index is 8.95. The summed E-state index contributed by atoms with van der Waals surface area (Å²) in [6.45, 7) is 0. The van der Waals surface area contributed by atoms with Gasteiger partial charge in [-0.3, -0.25) is 0 Å². The van der Waals surface area contributed by atoms with E-state index in [2.05, 4.69) is 16.0 Å². The lowest BCUT2D eigenvalue weighted by molar-refractivity contribution is 0.643. The van der Waals surface area contributed by atoms with Crippen molar-refractivity contribution in [3.05, 3.63) is 23.4 Å². The monoisotopic (exact) mass is 214 g/mol. The van der Waals surface area contributed by atoms with Crippen molar-refractivity contribution >= 4 is 12.2 Å². The molecule has 1 heterocycles. The highest BCUT2D eigenvalue weighted by molar-refractivity contribution is 5.62. The summed E-state index contributed by atoms with van der Waals surface area (Å²) in [5, 5.41) is 8.95. The summed E-state index contributed by atoms with van der Waals surface area (Å²) in [5.74, 6) is 1.11. The molecule has 1 fully saturated rings. The third-order valence-corrected chi connectivity index (χ3v) is 2.42. The van der Waals surface area contributed by atoms with Crippen LogP contribution in [0.5, 0.6) is 0 Å². The van der Waals surface area contributed by atoms with Crippen LogP contribution in [0.15, 0.2) is 17.1 Å². The number of rotatable bonds is 3. The van der Waals surface area contributed by atoms with Crippen LogP contribution in [-0.4, -0.2) is 30.3 Å². The molecule has 1 aliphatic rings. The summed E-state index contributed by atoms with van der Waals surface area (Å²) in [7, 11) is 3.78. The van der Waals surface area contributed by atoms with Crippen LogP contribution >= 0.6 is 0 Å². The van der Waals surface area contributed by atoms with Crippen LogP contribution in [0, 0.1) is 11.3 Å². The van der Waals surface area contributed by atoms with Gasteiger partial charge in [0.25, 0.3) is 0 Å². The van der Waals surface area contributed by atoms with Crippen LogP contribution in [0.1, 0.15) is 30.0 Å². The van der Waals surface area contributed by atoms with E-state index in [1.165, 1.54) is 12.8 Å². The van der Waals surface area contributed by atoms with Crippen molar-refractivity contribution < 1.29 is 0 Å². The van der Waals surface area contributed by atoms with Gasteiger partial charge in [-0.15, -0.1) is 0 Å². The Bertz CT molecular complexity index is 453. The molecule has 0 radical (unpaired) electrons. The van der Waals surface area contributed by atoms with E-state index < -0.39 is 0 Å². The normalized spacial score (nSPS) is 15.1. The lowest BCUT2D eigenvalue weighted by Gasteiger charge is -2.04. The summed E-state index contributed by atoms with van der Waals surface area (Å²) in [6.07, 6.45) is 4.07. The molecule has 0 spiro atoms. The van der Waals surface area contributed by atoms with E-state index >= 15 is 0 Å². The van der Waals surface area contributed by atoms with Gasteiger partial charge in [0.2, 0.25) is 0 Å². The van der Waals surface area contributed by atoms with Crippen molar-refractivity contribution in [1.82, 2.24) is 9.88 Å². The molecule has 0 amide bonds. The zero-order valence-corrected chi connectivity index (χ0v) is 9.51. The van der Waals surface area contributed by atoms with E-state index in [1.54, 1.807) is 6.34 Å². The van der Waals surface area contributed by atoms with Crippen molar-refractivity contribution in [3.8, 4) is 6.07 Å². The maximum absolute atomic E-state index is 8.95. The molecular weight excluding hydrogens is 200 g/mol. The third-order valence-electron chi connectivity index (χ3n) is 2.42. The number of aromatic nitrogens is 1. The van der Waals surface area contributed by atoms with Crippen molar-refractivity contribution in [2.45, 2.75) is 18.8 Å². The van der Waals surface area contributed by atoms with Crippen molar-refractivity contribution in [2.24, 2.45) is 4.99 Å². The molecule has 16 heavy (non-hydrogen) atoms. The first-order chi connectivity index (χ1) is 7.70. The Labute approximate surface area is 95.2 Å². The van der Waals surface area contributed by atoms with Crippen molar-refractivity contribution in [1.29, 1.82) is 5.26 Å². The molecule has 1 aromatic heterocycles. The molecular formula is C12H14N4. The zero-order valence-electron chi connectivity index (χ0n) is 9.51. The van der Waals surface area contributed by atoms with Crippen LogP contribution < -0.4 is 0 Å². The molecule has 1 saturated carbocycles. The predicted molar refractivity (Wildman–Crippen MR) is 62.8 cm³/mol. The number of nitrogens with zero attached hydrogens (tertiary/aromatic N) is 4. The second kappa shape index (κ2) is 4.31. The largest absolute Gasteiger partial charge is 0.369 e.